The van der Waals surface area contributed by atoms with E-state index in [1.165, 1.54) is 23.5 Å². The van der Waals surface area contributed by atoms with Gasteiger partial charge in [0.05, 0.1) is 12.1 Å². The van der Waals surface area contributed by atoms with Crippen LogP contribution in [0.5, 0.6) is 0 Å². The fraction of sp³-hybridized carbons (Fsp3) is 0.150. The zero-order valence-electron chi connectivity index (χ0n) is 14.7. The standard InChI is InChI=1S/C20H18FN3O2S/c1-2-22-19(26)13-5-4-8-16(10-13)23-18(25)11-17-12-27-20(24-17)14-6-3-7-15(21)9-14/h3-10,12H,2,11H2,1H3,(H,22,26)(H,23,25). The Bertz CT molecular complexity index is 971. The van der Waals surface area contributed by atoms with Gasteiger partial charge in [0, 0.05) is 28.7 Å². The normalized spacial score (nSPS) is 10.4. The van der Waals surface area contributed by atoms with Gasteiger partial charge in [-0.2, -0.15) is 0 Å². The number of halogens is 1. The third-order valence-electron chi connectivity index (χ3n) is 3.71. The van der Waals surface area contributed by atoms with Crippen LogP contribution >= 0.6 is 11.3 Å². The molecule has 1 heterocycles. The highest BCUT2D eigenvalue weighted by Crippen LogP contribution is 2.24. The maximum atomic E-state index is 13.3. The lowest BCUT2D eigenvalue weighted by Gasteiger charge is -2.07. The molecular weight excluding hydrogens is 365 g/mol. The molecule has 2 amide bonds. The summed E-state index contributed by atoms with van der Waals surface area (Å²) in [7, 11) is 0. The minimum absolute atomic E-state index is 0.0944. The first-order valence-electron chi connectivity index (χ1n) is 8.43. The molecule has 0 saturated carbocycles. The summed E-state index contributed by atoms with van der Waals surface area (Å²) in [5.41, 5.74) is 2.32. The van der Waals surface area contributed by atoms with Crippen molar-refractivity contribution in [2.24, 2.45) is 0 Å². The molecule has 3 rings (SSSR count). The van der Waals surface area contributed by atoms with E-state index in [1.807, 2.05) is 6.92 Å². The van der Waals surface area contributed by atoms with Gasteiger partial charge in [-0.05, 0) is 37.3 Å². The average molecular weight is 383 g/mol. The molecule has 0 aliphatic rings. The summed E-state index contributed by atoms with van der Waals surface area (Å²) in [5, 5.41) is 7.93. The number of nitrogens with one attached hydrogen (secondary N) is 2. The lowest BCUT2D eigenvalue weighted by molar-refractivity contribution is -0.115. The Balaban J connectivity index is 1.65. The highest BCUT2D eigenvalue weighted by atomic mass is 32.1. The van der Waals surface area contributed by atoms with Crippen LogP contribution in [-0.4, -0.2) is 23.3 Å². The molecule has 2 N–H and O–H groups in total. The van der Waals surface area contributed by atoms with Crippen LogP contribution in [0.2, 0.25) is 0 Å². The molecular formula is C20H18FN3O2S. The number of anilines is 1. The maximum Gasteiger partial charge on any atom is 0.251 e. The topological polar surface area (TPSA) is 71.1 Å². The third-order valence-corrected chi connectivity index (χ3v) is 4.65. The molecule has 0 atom stereocenters. The Kier molecular flexibility index (Phi) is 5.93. The van der Waals surface area contributed by atoms with E-state index in [4.69, 9.17) is 0 Å². The van der Waals surface area contributed by atoms with E-state index in [0.29, 0.717) is 34.1 Å². The summed E-state index contributed by atoms with van der Waals surface area (Å²) in [5.74, 6) is -0.749. The summed E-state index contributed by atoms with van der Waals surface area (Å²) >= 11 is 1.36. The van der Waals surface area contributed by atoms with Gasteiger partial charge in [0.25, 0.3) is 5.91 Å². The molecule has 0 fully saturated rings. The monoisotopic (exact) mass is 383 g/mol. The van der Waals surface area contributed by atoms with Crippen LogP contribution in [-0.2, 0) is 11.2 Å². The second-order valence-corrected chi connectivity index (χ2v) is 6.68. The Morgan fingerprint density at radius 2 is 1.96 bits per heavy atom. The number of nitrogens with zero attached hydrogens (tertiary/aromatic N) is 1. The van der Waals surface area contributed by atoms with Crippen molar-refractivity contribution in [1.29, 1.82) is 0 Å². The molecule has 0 aliphatic carbocycles. The molecule has 0 unspecified atom stereocenters. The summed E-state index contributed by atoms with van der Waals surface area (Å²) in [6, 6.07) is 12.9. The van der Waals surface area contributed by atoms with Crippen LogP contribution < -0.4 is 10.6 Å². The number of rotatable bonds is 6. The zero-order chi connectivity index (χ0) is 19.2. The largest absolute Gasteiger partial charge is 0.352 e. The van der Waals surface area contributed by atoms with E-state index >= 15 is 0 Å². The number of carbonyl (C=O) groups is 2. The number of thiazole rings is 1. The molecule has 1 aromatic heterocycles. The first kappa shape index (κ1) is 18.7. The smallest absolute Gasteiger partial charge is 0.251 e. The van der Waals surface area contributed by atoms with Crippen molar-refractivity contribution in [3.63, 3.8) is 0 Å². The van der Waals surface area contributed by atoms with Gasteiger partial charge in [-0.3, -0.25) is 9.59 Å². The maximum absolute atomic E-state index is 13.3. The number of aromatic nitrogens is 1. The molecule has 3 aromatic rings. The van der Waals surface area contributed by atoms with Gasteiger partial charge < -0.3 is 10.6 Å². The fourth-order valence-electron chi connectivity index (χ4n) is 2.51. The molecule has 0 spiro atoms. The highest BCUT2D eigenvalue weighted by molar-refractivity contribution is 7.13. The second kappa shape index (κ2) is 8.55. The van der Waals surface area contributed by atoms with Gasteiger partial charge >= 0.3 is 0 Å². The highest BCUT2D eigenvalue weighted by Gasteiger charge is 2.11. The minimum atomic E-state index is -0.325. The number of carbonyl (C=O) groups excluding carboxylic acids is 2. The predicted molar refractivity (Wildman–Crippen MR) is 104 cm³/mol. The van der Waals surface area contributed by atoms with Crippen LogP contribution in [0.4, 0.5) is 10.1 Å². The van der Waals surface area contributed by atoms with Gasteiger partial charge in [-0.25, -0.2) is 9.37 Å². The lowest BCUT2D eigenvalue weighted by Crippen LogP contribution is -2.23. The average Bonchev–Trinajstić information content (AvgIpc) is 3.10. The van der Waals surface area contributed by atoms with Crippen LogP contribution in [0.3, 0.4) is 0 Å². The van der Waals surface area contributed by atoms with Gasteiger partial charge in [-0.15, -0.1) is 11.3 Å². The van der Waals surface area contributed by atoms with Gasteiger partial charge in [-0.1, -0.05) is 18.2 Å². The molecule has 0 saturated heterocycles. The van der Waals surface area contributed by atoms with Crippen LogP contribution in [0.25, 0.3) is 10.6 Å². The Labute approximate surface area is 160 Å². The minimum Gasteiger partial charge on any atom is -0.352 e. The van der Waals surface area contributed by atoms with Crippen molar-refractivity contribution < 1.29 is 14.0 Å². The van der Waals surface area contributed by atoms with Gasteiger partial charge in [0.15, 0.2) is 0 Å². The second-order valence-electron chi connectivity index (χ2n) is 5.82. The number of benzene rings is 2. The summed E-state index contributed by atoms with van der Waals surface area (Å²) in [6.07, 6.45) is 0.0944. The lowest BCUT2D eigenvalue weighted by atomic mass is 10.2. The third kappa shape index (κ3) is 4.98. The van der Waals surface area contributed by atoms with Crippen molar-refractivity contribution in [1.82, 2.24) is 10.3 Å². The summed E-state index contributed by atoms with van der Waals surface area (Å²) in [6.45, 7) is 2.38. The van der Waals surface area contributed by atoms with Crippen molar-refractivity contribution in [2.45, 2.75) is 13.3 Å². The first-order valence-corrected chi connectivity index (χ1v) is 9.31. The van der Waals surface area contributed by atoms with E-state index in [9.17, 15) is 14.0 Å². The zero-order valence-corrected chi connectivity index (χ0v) is 15.5. The quantitative estimate of drug-likeness (QED) is 0.679. The number of hydrogen-bond donors (Lipinski definition) is 2. The number of amides is 2. The molecule has 27 heavy (non-hydrogen) atoms. The molecule has 0 bridgehead atoms. The SMILES string of the molecule is CCNC(=O)c1cccc(NC(=O)Cc2csc(-c3cccc(F)c3)n2)c1. The molecule has 2 aromatic carbocycles. The Morgan fingerprint density at radius 3 is 2.74 bits per heavy atom. The van der Waals surface area contributed by atoms with Crippen molar-refractivity contribution in [2.75, 3.05) is 11.9 Å². The predicted octanol–water partition coefficient (Wildman–Crippen LogP) is 3.88. The van der Waals surface area contributed by atoms with E-state index < -0.39 is 0 Å². The summed E-state index contributed by atoms with van der Waals surface area (Å²) < 4.78 is 13.3. The van der Waals surface area contributed by atoms with Crippen molar-refractivity contribution in [3.8, 4) is 10.6 Å². The van der Waals surface area contributed by atoms with E-state index in [-0.39, 0.29) is 24.1 Å². The van der Waals surface area contributed by atoms with Crippen LogP contribution in [0, 0.1) is 5.82 Å². The first-order chi connectivity index (χ1) is 13.0. The van der Waals surface area contributed by atoms with Crippen molar-refractivity contribution in [3.05, 3.63) is 71.0 Å². The Hall–Kier alpha value is -3.06. The molecule has 0 aliphatic heterocycles. The van der Waals surface area contributed by atoms with E-state index in [0.717, 1.165) is 0 Å². The van der Waals surface area contributed by atoms with Crippen molar-refractivity contribution >= 4 is 28.8 Å². The molecule has 0 radical (unpaired) electrons. The molecule has 7 heteroatoms. The molecule has 5 nitrogen and oxygen atoms in total. The number of hydrogen-bond acceptors (Lipinski definition) is 4. The Morgan fingerprint density at radius 1 is 1.15 bits per heavy atom. The van der Waals surface area contributed by atoms with Gasteiger partial charge in [0.1, 0.15) is 10.8 Å². The van der Waals surface area contributed by atoms with Crippen LogP contribution in [0.15, 0.2) is 53.9 Å². The summed E-state index contributed by atoms with van der Waals surface area (Å²) in [4.78, 5) is 28.6. The van der Waals surface area contributed by atoms with Crippen LogP contribution in [0.1, 0.15) is 23.0 Å². The van der Waals surface area contributed by atoms with E-state index in [1.54, 1.807) is 41.8 Å². The molecule has 138 valence electrons. The van der Waals surface area contributed by atoms with E-state index in [2.05, 4.69) is 15.6 Å². The van der Waals surface area contributed by atoms with Gasteiger partial charge in [0.2, 0.25) is 5.91 Å². The fourth-order valence-corrected chi connectivity index (χ4v) is 3.33.